The van der Waals surface area contributed by atoms with E-state index in [0.717, 1.165) is 5.56 Å². The molecule has 1 aromatic carbocycles. The van der Waals surface area contributed by atoms with E-state index in [4.69, 9.17) is 9.47 Å². The zero-order valence-corrected chi connectivity index (χ0v) is 13.0. The monoisotopic (exact) mass is 337 g/mol. The van der Waals surface area contributed by atoms with Crippen molar-refractivity contribution in [3.63, 3.8) is 0 Å². The summed E-state index contributed by atoms with van der Waals surface area (Å²) in [5.41, 5.74) is 0.785. The molecule has 5 heteroatoms. The molecular weight excluding hydrogens is 322 g/mol. The number of ether oxygens (including phenoxy) is 2. The first kappa shape index (κ1) is 14.9. The summed E-state index contributed by atoms with van der Waals surface area (Å²) in [7, 11) is 0. The van der Waals surface area contributed by atoms with Gasteiger partial charge in [-0.25, -0.2) is 0 Å². The van der Waals surface area contributed by atoms with Gasteiger partial charge in [0.25, 0.3) is 5.91 Å². The number of carbonyl (C=O) groups excluding carboxylic acids is 1. The maximum absolute atomic E-state index is 12.0. The molecule has 1 aliphatic rings. The van der Waals surface area contributed by atoms with Gasteiger partial charge in [0.1, 0.15) is 12.4 Å². The fraction of sp³-hybridized carbons (Fsp3) is 0.400. The fourth-order valence-corrected chi connectivity index (χ4v) is 2.09. The highest BCUT2D eigenvalue weighted by atomic mass is 79.9. The van der Waals surface area contributed by atoms with Crippen molar-refractivity contribution in [3.05, 3.63) is 29.3 Å². The van der Waals surface area contributed by atoms with Gasteiger partial charge in [0.15, 0.2) is 5.72 Å². The minimum Gasteiger partial charge on any atom is -0.468 e. The van der Waals surface area contributed by atoms with E-state index in [1.54, 1.807) is 12.1 Å². The lowest BCUT2D eigenvalue weighted by Crippen LogP contribution is -2.51. The van der Waals surface area contributed by atoms with Gasteiger partial charge in [-0.1, -0.05) is 33.8 Å². The minimum atomic E-state index is -0.673. The predicted molar refractivity (Wildman–Crippen MR) is 79.8 cm³/mol. The molecule has 1 aromatic rings. The van der Waals surface area contributed by atoms with Crippen molar-refractivity contribution >= 4 is 21.8 Å². The number of hydrogen-bond donors (Lipinski definition) is 1. The number of rotatable bonds is 3. The lowest BCUT2D eigenvalue weighted by molar-refractivity contribution is 0.0432. The highest BCUT2D eigenvalue weighted by Crippen LogP contribution is 2.28. The Morgan fingerprint density at radius 2 is 2.20 bits per heavy atom. The van der Waals surface area contributed by atoms with Crippen LogP contribution in [0.4, 0.5) is 0 Å². The summed E-state index contributed by atoms with van der Waals surface area (Å²) in [5.74, 6) is 6.19. The first-order valence-electron chi connectivity index (χ1n) is 6.26. The normalized spacial score (nSPS) is 15.4. The van der Waals surface area contributed by atoms with Crippen molar-refractivity contribution in [2.45, 2.75) is 26.2 Å². The second kappa shape index (κ2) is 6.29. The van der Waals surface area contributed by atoms with Gasteiger partial charge in [0.2, 0.25) is 0 Å². The topological polar surface area (TPSA) is 47.6 Å². The van der Waals surface area contributed by atoms with Gasteiger partial charge < -0.3 is 14.8 Å². The summed E-state index contributed by atoms with van der Waals surface area (Å²) in [6, 6.07) is 5.49. The number of nitrogens with one attached hydrogen (secondary N) is 1. The molecule has 0 aromatic heterocycles. The summed E-state index contributed by atoms with van der Waals surface area (Å²) >= 11 is 3.22. The molecule has 0 atom stereocenters. The van der Waals surface area contributed by atoms with Crippen LogP contribution in [0.15, 0.2) is 18.2 Å². The second-order valence-electron chi connectivity index (χ2n) is 4.88. The summed E-state index contributed by atoms with van der Waals surface area (Å²) in [6.07, 6.45) is 0. The molecular formula is C15H16BrNO3. The number of carbonyl (C=O) groups is 1. The molecule has 0 saturated carbocycles. The summed E-state index contributed by atoms with van der Waals surface area (Å²) < 4.78 is 11.1. The van der Waals surface area contributed by atoms with E-state index < -0.39 is 5.72 Å². The van der Waals surface area contributed by atoms with Gasteiger partial charge in [0.05, 0.1) is 17.5 Å². The van der Waals surface area contributed by atoms with Crippen molar-refractivity contribution < 1.29 is 14.3 Å². The molecule has 4 nitrogen and oxygen atoms in total. The van der Waals surface area contributed by atoms with Crippen LogP contribution in [0.3, 0.4) is 0 Å². The number of amides is 1. The molecule has 1 N–H and O–H groups in total. The Labute approximate surface area is 127 Å². The maximum Gasteiger partial charge on any atom is 0.258 e. The van der Waals surface area contributed by atoms with Gasteiger partial charge in [-0.05, 0) is 31.5 Å². The third-order valence-corrected chi connectivity index (χ3v) is 2.98. The zero-order chi connectivity index (χ0) is 14.6. The first-order chi connectivity index (χ1) is 9.52. The lowest BCUT2D eigenvalue weighted by Gasteiger charge is -2.33. The number of benzene rings is 1. The molecule has 0 saturated heterocycles. The van der Waals surface area contributed by atoms with E-state index in [9.17, 15) is 4.79 Å². The summed E-state index contributed by atoms with van der Waals surface area (Å²) in [6.45, 7) is 4.42. The molecule has 1 aliphatic heterocycles. The van der Waals surface area contributed by atoms with Gasteiger partial charge >= 0.3 is 0 Å². The maximum atomic E-state index is 12.0. The average molecular weight is 338 g/mol. The SMILES string of the molecule is CC1(C)NC(=O)c2cc(COCC#CCBr)ccc2O1. The Morgan fingerprint density at radius 3 is 2.95 bits per heavy atom. The van der Waals surface area contributed by atoms with Crippen LogP contribution >= 0.6 is 15.9 Å². The van der Waals surface area contributed by atoms with Crippen molar-refractivity contribution in [3.8, 4) is 17.6 Å². The number of fused-ring (bicyclic) bond motifs is 1. The Morgan fingerprint density at radius 1 is 1.40 bits per heavy atom. The molecule has 0 fully saturated rings. The molecule has 0 bridgehead atoms. The Balaban J connectivity index is 2.05. The Hall–Kier alpha value is -1.51. The number of hydrogen-bond acceptors (Lipinski definition) is 3. The summed E-state index contributed by atoms with van der Waals surface area (Å²) in [5, 5.41) is 3.43. The molecule has 106 valence electrons. The molecule has 0 spiro atoms. The minimum absolute atomic E-state index is 0.128. The van der Waals surface area contributed by atoms with E-state index >= 15 is 0 Å². The van der Waals surface area contributed by atoms with Crippen LogP contribution in [0.1, 0.15) is 29.8 Å². The highest BCUT2D eigenvalue weighted by Gasteiger charge is 2.31. The summed E-state index contributed by atoms with van der Waals surface area (Å²) in [4.78, 5) is 12.0. The van der Waals surface area contributed by atoms with Crippen molar-refractivity contribution in [2.24, 2.45) is 0 Å². The zero-order valence-electron chi connectivity index (χ0n) is 11.5. The van der Waals surface area contributed by atoms with Crippen LogP contribution in [0.2, 0.25) is 0 Å². The standard InChI is InChI=1S/C15H16BrNO3/c1-15(2)17-14(18)12-9-11(5-6-13(12)20-15)10-19-8-4-3-7-16/h5-6,9H,7-8,10H2,1-2H3,(H,17,18). The van der Waals surface area contributed by atoms with Crippen LogP contribution in [0.25, 0.3) is 0 Å². The van der Waals surface area contributed by atoms with Crippen LogP contribution in [0, 0.1) is 11.8 Å². The molecule has 0 unspecified atom stereocenters. The van der Waals surface area contributed by atoms with Crippen molar-refractivity contribution in [2.75, 3.05) is 11.9 Å². The molecule has 0 aliphatic carbocycles. The van der Waals surface area contributed by atoms with Crippen LogP contribution in [-0.4, -0.2) is 23.6 Å². The van der Waals surface area contributed by atoms with Gasteiger partial charge in [-0.3, -0.25) is 4.79 Å². The lowest BCUT2D eigenvalue weighted by atomic mass is 10.1. The quantitative estimate of drug-likeness (QED) is 0.523. The molecule has 0 radical (unpaired) electrons. The van der Waals surface area contributed by atoms with E-state index in [2.05, 4.69) is 33.1 Å². The Kier molecular flexibility index (Phi) is 4.69. The van der Waals surface area contributed by atoms with E-state index in [1.807, 2.05) is 19.9 Å². The largest absolute Gasteiger partial charge is 0.468 e. The van der Waals surface area contributed by atoms with Crippen molar-refractivity contribution in [1.29, 1.82) is 0 Å². The fourth-order valence-electron chi connectivity index (χ4n) is 1.89. The number of alkyl halides is 1. The number of halogens is 1. The third kappa shape index (κ3) is 3.75. The van der Waals surface area contributed by atoms with Crippen LogP contribution < -0.4 is 10.1 Å². The van der Waals surface area contributed by atoms with Crippen LogP contribution in [-0.2, 0) is 11.3 Å². The third-order valence-electron chi connectivity index (χ3n) is 2.70. The molecule has 20 heavy (non-hydrogen) atoms. The average Bonchev–Trinajstić information content (AvgIpc) is 2.38. The van der Waals surface area contributed by atoms with Gasteiger partial charge in [-0.15, -0.1) is 0 Å². The highest BCUT2D eigenvalue weighted by molar-refractivity contribution is 9.09. The second-order valence-corrected chi connectivity index (χ2v) is 5.44. The molecule has 1 heterocycles. The van der Waals surface area contributed by atoms with Gasteiger partial charge in [-0.2, -0.15) is 0 Å². The smallest absolute Gasteiger partial charge is 0.258 e. The van der Waals surface area contributed by atoms with E-state index in [0.29, 0.717) is 29.9 Å². The first-order valence-corrected chi connectivity index (χ1v) is 7.38. The van der Waals surface area contributed by atoms with Gasteiger partial charge in [0, 0.05) is 0 Å². The molecule has 1 amide bonds. The van der Waals surface area contributed by atoms with E-state index in [1.165, 1.54) is 0 Å². The predicted octanol–water partition coefficient (Wildman–Crippen LogP) is 2.46. The Bertz CT molecular complexity index is 572. The van der Waals surface area contributed by atoms with Crippen molar-refractivity contribution in [1.82, 2.24) is 5.32 Å². The van der Waals surface area contributed by atoms with Crippen LogP contribution in [0.5, 0.6) is 5.75 Å². The van der Waals surface area contributed by atoms with E-state index in [-0.39, 0.29) is 5.91 Å². The molecule has 2 rings (SSSR count).